The summed E-state index contributed by atoms with van der Waals surface area (Å²) in [5.41, 5.74) is 3.30. The van der Waals surface area contributed by atoms with Gasteiger partial charge in [-0.1, -0.05) is 12.1 Å². The summed E-state index contributed by atoms with van der Waals surface area (Å²) >= 11 is 0. The molecule has 0 amide bonds. The van der Waals surface area contributed by atoms with Crippen LogP contribution in [0.25, 0.3) is 22.3 Å². The molecule has 1 N–H and O–H groups in total. The van der Waals surface area contributed by atoms with E-state index in [9.17, 15) is 9.50 Å². The maximum Gasteiger partial charge on any atom is 0.123 e. The van der Waals surface area contributed by atoms with Crippen LogP contribution in [0.5, 0.6) is 0 Å². The van der Waals surface area contributed by atoms with Gasteiger partial charge in [0.1, 0.15) is 5.82 Å². The summed E-state index contributed by atoms with van der Waals surface area (Å²) in [4.78, 5) is 8.75. The van der Waals surface area contributed by atoms with Crippen molar-refractivity contribution in [2.75, 3.05) is 0 Å². The van der Waals surface area contributed by atoms with Crippen LogP contribution in [0.15, 0.2) is 48.7 Å². The maximum absolute atomic E-state index is 13.4. The minimum Gasteiger partial charge on any atom is -0.389 e. The number of hydrogen-bond donors (Lipinski definition) is 1. The molecule has 1 aromatic carbocycles. The Morgan fingerprint density at radius 2 is 1.95 bits per heavy atom. The fourth-order valence-electron chi connectivity index (χ4n) is 2.20. The molecule has 0 aliphatic carbocycles. The molecule has 0 aliphatic heterocycles. The van der Waals surface area contributed by atoms with Crippen LogP contribution in [0.1, 0.15) is 18.6 Å². The topological polar surface area (TPSA) is 46.0 Å². The molecule has 0 fully saturated rings. The second-order valence-corrected chi connectivity index (χ2v) is 4.65. The number of aromatic nitrogens is 2. The number of fused-ring (bicyclic) bond motifs is 1. The number of benzene rings is 1. The molecule has 20 heavy (non-hydrogen) atoms. The lowest BCUT2D eigenvalue weighted by atomic mass is 10.0. The van der Waals surface area contributed by atoms with Crippen molar-refractivity contribution in [1.29, 1.82) is 0 Å². The van der Waals surface area contributed by atoms with Gasteiger partial charge in [-0.25, -0.2) is 9.37 Å². The Kier molecular flexibility index (Phi) is 3.16. The van der Waals surface area contributed by atoms with Gasteiger partial charge in [0.25, 0.3) is 0 Å². The maximum atomic E-state index is 13.4. The van der Waals surface area contributed by atoms with Crippen LogP contribution in [0.4, 0.5) is 4.39 Å². The highest BCUT2D eigenvalue weighted by atomic mass is 19.1. The zero-order chi connectivity index (χ0) is 14.1. The molecule has 100 valence electrons. The quantitative estimate of drug-likeness (QED) is 0.773. The zero-order valence-corrected chi connectivity index (χ0v) is 10.9. The van der Waals surface area contributed by atoms with E-state index in [-0.39, 0.29) is 5.82 Å². The zero-order valence-electron chi connectivity index (χ0n) is 10.9. The number of aliphatic hydroxyl groups excluding tert-OH is 1. The van der Waals surface area contributed by atoms with Crippen molar-refractivity contribution < 1.29 is 9.50 Å². The largest absolute Gasteiger partial charge is 0.389 e. The van der Waals surface area contributed by atoms with E-state index >= 15 is 0 Å². The van der Waals surface area contributed by atoms with Gasteiger partial charge in [0, 0.05) is 17.3 Å². The third kappa shape index (κ3) is 2.26. The SMILES string of the molecule is CC(O)c1cc2ncccc2nc1-c1cccc(F)c1. The van der Waals surface area contributed by atoms with E-state index < -0.39 is 6.10 Å². The molecule has 1 unspecified atom stereocenters. The molecular weight excluding hydrogens is 255 g/mol. The van der Waals surface area contributed by atoms with Crippen LogP contribution in [0, 0.1) is 5.82 Å². The third-order valence-electron chi connectivity index (χ3n) is 3.16. The lowest BCUT2D eigenvalue weighted by Crippen LogP contribution is -1.99. The summed E-state index contributed by atoms with van der Waals surface area (Å²) in [6.45, 7) is 1.66. The Balaban J connectivity index is 2.29. The molecule has 2 heterocycles. The lowest BCUT2D eigenvalue weighted by Gasteiger charge is -2.12. The Morgan fingerprint density at radius 3 is 2.70 bits per heavy atom. The van der Waals surface area contributed by atoms with E-state index in [4.69, 9.17) is 0 Å². The molecule has 2 aromatic heterocycles. The molecular formula is C16H13FN2O. The minimum atomic E-state index is -0.702. The smallest absolute Gasteiger partial charge is 0.123 e. The lowest BCUT2D eigenvalue weighted by molar-refractivity contribution is 0.199. The second kappa shape index (κ2) is 4.98. The van der Waals surface area contributed by atoms with Gasteiger partial charge in [-0.2, -0.15) is 0 Å². The van der Waals surface area contributed by atoms with Crippen LogP contribution in [-0.2, 0) is 0 Å². The van der Waals surface area contributed by atoms with Gasteiger partial charge in [-0.15, -0.1) is 0 Å². The van der Waals surface area contributed by atoms with Crippen LogP contribution in [0.3, 0.4) is 0 Å². The summed E-state index contributed by atoms with van der Waals surface area (Å²) in [7, 11) is 0. The van der Waals surface area contributed by atoms with Crippen LogP contribution < -0.4 is 0 Å². The molecule has 3 rings (SSSR count). The molecule has 0 bridgehead atoms. The molecule has 1 atom stereocenters. The van der Waals surface area contributed by atoms with Crippen molar-refractivity contribution in [3.63, 3.8) is 0 Å². The van der Waals surface area contributed by atoms with E-state index in [0.29, 0.717) is 22.3 Å². The van der Waals surface area contributed by atoms with Gasteiger partial charge < -0.3 is 5.11 Å². The van der Waals surface area contributed by atoms with Gasteiger partial charge in [0.05, 0.1) is 22.8 Å². The fraction of sp³-hybridized carbons (Fsp3) is 0.125. The summed E-state index contributed by atoms with van der Waals surface area (Å²) < 4.78 is 13.4. The van der Waals surface area contributed by atoms with Gasteiger partial charge >= 0.3 is 0 Å². The standard InChI is InChI=1S/C16H13FN2O/c1-10(20)13-9-15-14(6-3-7-18-15)19-16(13)11-4-2-5-12(17)8-11/h2-10,20H,1H3. The van der Waals surface area contributed by atoms with Gasteiger partial charge in [-0.3, -0.25) is 4.98 Å². The highest BCUT2D eigenvalue weighted by molar-refractivity contribution is 5.80. The normalized spacial score (nSPS) is 12.6. The second-order valence-electron chi connectivity index (χ2n) is 4.65. The summed E-state index contributed by atoms with van der Waals surface area (Å²) in [6, 6.07) is 11.6. The molecule has 0 saturated carbocycles. The number of pyridine rings is 2. The Morgan fingerprint density at radius 1 is 1.10 bits per heavy atom. The summed E-state index contributed by atoms with van der Waals surface area (Å²) in [5, 5.41) is 9.93. The Hall–Kier alpha value is -2.33. The van der Waals surface area contributed by atoms with Crippen molar-refractivity contribution in [2.45, 2.75) is 13.0 Å². The molecule has 3 nitrogen and oxygen atoms in total. The molecule has 0 saturated heterocycles. The summed E-state index contributed by atoms with van der Waals surface area (Å²) in [5.74, 6) is -0.327. The van der Waals surface area contributed by atoms with E-state index in [1.54, 1.807) is 37.4 Å². The van der Waals surface area contributed by atoms with E-state index in [1.807, 2.05) is 6.07 Å². The molecule has 4 heteroatoms. The fourth-order valence-corrected chi connectivity index (χ4v) is 2.20. The third-order valence-corrected chi connectivity index (χ3v) is 3.16. The summed E-state index contributed by atoms with van der Waals surface area (Å²) in [6.07, 6.45) is 0.977. The van der Waals surface area contributed by atoms with Crippen LogP contribution >= 0.6 is 0 Å². The van der Waals surface area contributed by atoms with Crippen molar-refractivity contribution in [2.24, 2.45) is 0 Å². The number of hydrogen-bond acceptors (Lipinski definition) is 3. The molecule has 0 aliphatic rings. The highest BCUT2D eigenvalue weighted by Gasteiger charge is 2.14. The van der Waals surface area contributed by atoms with E-state index in [1.165, 1.54) is 12.1 Å². The molecule has 3 aromatic rings. The van der Waals surface area contributed by atoms with Gasteiger partial charge in [0.2, 0.25) is 0 Å². The van der Waals surface area contributed by atoms with Crippen LogP contribution in [-0.4, -0.2) is 15.1 Å². The first-order valence-corrected chi connectivity index (χ1v) is 6.35. The first-order valence-electron chi connectivity index (χ1n) is 6.35. The highest BCUT2D eigenvalue weighted by Crippen LogP contribution is 2.29. The van der Waals surface area contributed by atoms with Crippen molar-refractivity contribution in [1.82, 2.24) is 9.97 Å². The van der Waals surface area contributed by atoms with Crippen LogP contribution in [0.2, 0.25) is 0 Å². The van der Waals surface area contributed by atoms with E-state index in [2.05, 4.69) is 9.97 Å². The van der Waals surface area contributed by atoms with Crippen molar-refractivity contribution in [3.05, 3.63) is 60.0 Å². The van der Waals surface area contributed by atoms with Gasteiger partial charge in [0.15, 0.2) is 0 Å². The predicted octanol–water partition coefficient (Wildman–Crippen LogP) is 3.49. The number of rotatable bonds is 2. The average molecular weight is 268 g/mol. The Labute approximate surface area is 115 Å². The minimum absolute atomic E-state index is 0.327. The average Bonchev–Trinajstić information content (AvgIpc) is 2.46. The van der Waals surface area contributed by atoms with Crippen molar-refractivity contribution in [3.8, 4) is 11.3 Å². The monoisotopic (exact) mass is 268 g/mol. The Bertz CT molecular complexity index is 771. The van der Waals surface area contributed by atoms with Gasteiger partial charge in [-0.05, 0) is 37.3 Å². The molecule has 0 spiro atoms. The number of nitrogens with zero attached hydrogens (tertiary/aromatic N) is 2. The predicted molar refractivity (Wildman–Crippen MR) is 75.6 cm³/mol. The first-order chi connectivity index (χ1) is 9.65. The molecule has 0 radical (unpaired) electrons. The first kappa shape index (κ1) is 12.7. The van der Waals surface area contributed by atoms with Crippen molar-refractivity contribution >= 4 is 11.0 Å². The number of aliphatic hydroxyl groups is 1. The van der Waals surface area contributed by atoms with E-state index in [0.717, 1.165) is 5.52 Å². The number of halogens is 1.